The smallest absolute Gasteiger partial charge is 0.129 e. The van der Waals surface area contributed by atoms with E-state index in [0.717, 1.165) is 28.6 Å². The molecule has 2 nitrogen and oxygen atoms in total. The predicted molar refractivity (Wildman–Crippen MR) is 87.1 cm³/mol. The molecule has 1 aliphatic heterocycles. The lowest BCUT2D eigenvalue weighted by atomic mass is 10.0. The number of aryl methyl sites for hydroxylation is 1. The highest BCUT2D eigenvalue weighted by Crippen LogP contribution is 2.39. The molecule has 0 spiro atoms. The van der Waals surface area contributed by atoms with Crippen LogP contribution in [-0.2, 0) is 0 Å². The molecule has 3 rings (SSSR count). The lowest BCUT2D eigenvalue weighted by Gasteiger charge is -2.27. The Kier molecular flexibility index (Phi) is 4.11. The van der Waals surface area contributed by atoms with Crippen molar-refractivity contribution >= 4 is 40.7 Å². The second kappa shape index (κ2) is 5.84. The van der Waals surface area contributed by atoms with Crippen molar-refractivity contribution in [3.8, 4) is 0 Å². The van der Waals surface area contributed by atoms with E-state index in [-0.39, 0.29) is 6.04 Å². The maximum absolute atomic E-state index is 6.13. The monoisotopic (exact) mass is 324 g/mol. The average molecular weight is 325 g/mol. The molecule has 1 aromatic heterocycles. The average Bonchev–Trinajstić information content (AvgIpc) is 2.42. The molecule has 0 aliphatic carbocycles. The molecule has 0 radical (unpaired) electrons. The van der Waals surface area contributed by atoms with Gasteiger partial charge in [0.1, 0.15) is 5.15 Å². The van der Waals surface area contributed by atoms with Crippen LogP contribution >= 0.6 is 35.0 Å². The van der Waals surface area contributed by atoms with Gasteiger partial charge in [0.05, 0.1) is 17.4 Å². The van der Waals surface area contributed by atoms with Crippen molar-refractivity contribution in [1.29, 1.82) is 0 Å². The molecule has 2 heterocycles. The zero-order chi connectivity index (χ0) is 14.1. The highest BCUT2D eigenvalue weighted by molar-refractivity contribution is 7.99. The molecule has 0 saturated heterocycles. The van der Waals surface area contributed by atoms with Crippen LogP contribution in [0.25, 0.3) is 0 Å². The number of nitrogens with one attached hydrogen (secondary N) is 1. The fourth-order valence-corrected chi connectivity index (χ4v) is 3.86. The minimum absolute atomic E-state index is 0.270. The molecule has 0 bridgehead atoms. The Hall–Kier alpha value is -0.900. The molecule has 0 fully saturated rings. The summed E-state index contributed by atoms with van der Waals surface area (Å²) in [6.45, 7) is 1.96. The van der Waals surface area contributed by atoms with Crippen LogP contribution in [0.3, 0.4) is 0 Å². The van der Waals surface area contributed by atoms with Crippen molar-refractivity contribution in [1.82, 2.24) is 4.98 Å². The van der Waals surface area contributed by atoms with Crippen LogP contribution in [0.15, 0.2) is 35.2 Å². The summed E-state index contributed by atoms with van der Waals surface area (Å²) in [4.78, 5) is 5.59. The van der Waals surface area contributed by atoms with E-state index in [1.807, 2.05) is 36.9 Å². The van der Waals surface area contributed by atoms with Gasteiger partial charge < -0.3 is 5.32 Å². The predicted octanol–water partition coefficient (Wildman–Crippen LogP) is 5.35. The van der Waals surface area contributed by atoms with Gasteiger partial charge in [0.25, 0.3) is 0 Å². The maximum Gasteiger partial charge on any atom is 0.129 e. The van der Waals surface area contributed by atoms with E-state index in [2.05, 4.69) is 22.4 Å². The molecule has 0 amide bonds. The van der Waals surface area contributed by atoms with Crippen LogP contribution in [0, 0.1) is 6.92 Å². The van der Waals surface area contributed by atoms with Gasteiger partial charge in [-0.05, 0) is 49.2 Å². The van der Waals surface area contributed by atoms with Crippen LogP contribution in [0.5, 0.6) is 0 Å². The Morgan fingerprint density at radius 2 is 2.10 bits per heavy atom. The van der Waals surface area contributed by atoms with Crippen molar-refractivity contribution < 1.29 is 0 Å². The number of pyridine rings is 1. The standard InChI is InChI=1S/C15H14Cl2N2S/c1-9-12(3-5-15(17)18-9)19-13-6-7-20-14-4-2-10(16)8-11(13)14/h2-5,8,13,19H,6-7H2,1H3. The first-order valence-electron chi connectivity index (χ1n) is 6.45. The number of aromatic nitrogens is 1. The van der Waals surface area contributed by atoms with Gasteiger partial charge in [-0.1, -0.05) is 23.2 Å². The Morgan fingerprint density at radius 1 is 1.25 bits per heavy atom. The number of benzene rings is 1. The summed E-state index contributed by atoms with van der Waals surface area (Å²) < 4.78 is 0. The molecule has 1 N–H and O–H groups in total. The highest BCUT2D eigenvalue weighted by Gasteiger charge is 2.21. The number of nitrogens with zero attached hydrogens (tertiary/aromatic N) is 1. The Balaban J connectivity index is 1.91. The second-order valence-electron chi connectivity index (χ2n) is 4.78. The normalized spacial score (nSPS) is 17.6. The topological polar surface area (TPSA) is 24.9 Å². The highest BCUT2D eigenvalue weighted by atomic mass is 35.5. The van der Waals surface area contributed by atoms with Crippen LogP contribution in [0.4, 0.5) is 5.69 Å². The number of hydrogen-bond donors (Lipinski definition) is 1. The minimum Gasteiger partial charge on any atom is -0.377 e. The SMILES string of the molecule is Cc1nc(Cl)ccc1NC1CCSc2ccc(Cl)cc21. The number of halogens is 2. The Labute approximate surface area is 132 Å². The maximum atomic E-state index is 6.13. The van der Waals surface area contributed by atoms with Crippen molar-refractivity contribution in [3.63, 3.8) is 0 Å². The first-order chi connectivity index (χ1) is 9.63. The van der Waals surface area contributed by atoms with Crippen LogP contribution < -0.4 is 5.32 Å². The van der Waals surface area contributed by atoms with Gasteiger partial charge in [-0.2, -0.15) is 0 Å². The summed E-state index contributed by atoms with van der Waals surface area (Å²) in [6.07, 6.45) is 1.07. The zero-order valence-electron chi connectivity index (χ0n) is 11.0. The van der Waals surface area contributed by atoms with E-state index in [4.69, 9.17) is 23.2 Å². The van der Waals surface area contributed by atoms with Gasteiger partial charge in [-0.3, -0.25) is 0 Å². The lowest BCUT2D eigenvalue weighted by molar-refractivity contribution is 0.727. The molecule has 0 saturated carbocycles. The molecule has 104 valence electrons. The van der Waals surface area contributed by atoms with E-state index in [1.54, 1.807) is 0 Å². The summed E-state index contributed by atoms with van der Waals surface area (Å²) in [6, 6.07) is 10.2. The third-order valence-electron chi connectivity index (χ3n) is 3.39. The van der Waals surface area contributed by atoms with Crippen LogP contribution in [0.1, 0.15) is 23.7 Å². The molecular weight excluding hydrogens is 311 g/mol. The van der Waals surface area contributed by atoms with Gasteiger partial charge in [-0.15, -0.1) is 11.8 Å². The third kappa shape index (κ3) is 2.90. The number of fused-ring (bicyclic) bond motifs is 1. The molecule has 1 unspecified atom stereocenters. The second-order valence-corrected chi connectivity index (χ2v) is 6.74. The zero-order valence-corrected chi connectivity index (χ0v) is 13.3. The Morgan fingerprint density at radius 3 is 2.90 bits per heavy atom. The fraction of sp³-hybridized carbons (Fsp3) is 0.267. The molecule has 1 atom stereocenters. The first-order valence-corrected chi connectivity index (χ1v) is 8.19. The lowest BCUT2D eigenvalue weighted by Crippen LogP contribution is -2.16. The van der Waals surface area contributed by atoms with Crippen LogP contribution in [0.2, 0.25) is 10.2 Å². The van der Waals surface area contributed by atoms with E-state index in [9.17, 15) is 0 Å². The number of hydrogen-bond acceptors (Lipinski definition) is 3. The van der Waals surface area contributed by atoms with E-state index in [1.165, 1.54) is 10.5 Å². The molecule has 1 aromatic carbocycles. The number of anilines is 1. The summed E-state index contributed by atoms with van der Waals surface area (Å²) in [5.74, 6) is 1.10. The summed E-state index contributed by atoms with van der Waals surface area (Å²) in [5, 5.41) is 4.87. The van der Waals surface area contributed by atoms with E-state index < -0.39 is 0 Å². The van der Waals surface area contributed by atoms with Gasteiger partial charge in [0, 0.05) is 15.7 Å². The van der Waals surface area contributed by atoms with Crippen molar-refractivity contribution in [2.45, 2.75) is 24.3 Å². The molecule has 2 aromatic rings. The minimum atomic E-state index is 0.270. The quantitative estimate of drug-likeness (QED) is 0.754. The fourth-order valence-electron chi connectivity index (χ4n) is 2.39. The van der Waals surface area contributed by atoms with Gasteiger partial charge >= 0.3 is 0 Å². The number of rotatable bonds is 2. The van der Waals surface area contributed by atoms with E-state index >= 15 is 0 Å². The van der Waals surface area contributed by atoms with Gasteiger partial charge in [0.2, 0.25) is 0 Å². The van der Waals surface area contributed by atoms with Gasteiger partial charge in [-0.25, -0.2) is 4.98 Å². The van der Waals surface area contributed by atoms with E-state index in [0.29, 0.717) is 5.15 Å². The molecule has 5 heteroatoms. The number of thioether (sulfide) groups is 1. The Bertz CT molecular complexity index is 646. The third-order valence-corrected chi connectivity index (χ3v) is 4.96. The molecule has 20 heavy (non-hydrogen) atoms. The summed E-state index contributed by atoms with van der Waals surface area (Å²) in [5.41, 5.74) is 3.21. The summed E-state index contributed by atoms with van der Waals surface area (Å²) in [7, 11) is 0. The van der Waals surface area contributed by atoms with Crippen molar-refractivity contribution in [2.75, 3.05) is 11.1 Å². The van der Waals surface area contributed by atoms with Crippen LogP contribution in [-0.4, -0.2) is 10.7 Å². The van der Waals surface area contributed by atoms with Crippen molar-refractivity contribution in [2.24, 2.45) is 0 Å². The molecular formula is C15H14Cl2N2S. The van der Waals surface area contributed by atoms with Crippen molar-refractivity contribution in [3.05, 3.63) is 51.8 Å². The molecule has 1 aliphatic rings. The van der Waals surface area contributed by atoms with Gasteiger partial charge in [0.15, 0.2) is 0 Å². The summed E-state index contributed by atoms with van der Waals surface area (Å²) >= 11 is 13.9. The first kappa shape index (κ1) is 14.1. The largest absolute Gasteiger partial charge is 0.377 e.